The van der Waals surface area contributed by atoms with Crippen LogP contribution in [0, 0.1) is 6.92 Å². The molecule has 1 fully saturated rings. The topological polar surface area (TPSA) is 53.7 Å². The summed E-state index contributed by atoms with van der Waals surface area (Å²) in [6.45, 7) is 3.21. The van der Waals surface area contributed by atoms with Gasteiger partial charge < -0.3 is 10.0 Å². The van der Waals surface area contributed by atoms with Crippen LogP contribution in [0.2, 0.25) is 0 Å². The first-order chi connectivity index (χ1) is 11.3. The highest BCUT2D eigenvalue weighted by Crippen LogP contribution is 2.29. The molecule has 0 spiro atoms. The third kappa shape index (κ3) is 2.37. The van der Waals surface area contributed by atoms with Gasteiger partial charge in [0.05, 0.1) is 18.8 Å². The van der Waals surface area contributed by atoms with E-state index in [1.54, 1.807) is 0 Å². The molecule has 0 aliphatic carbocycles. The highest BCUT2D eigenvalue weighted by Gasteiger charge is 2.26. The molecule has 1 aromatic carbocycles. The van der Waals surface area contributed by atoms with Crippen molar-refractivity contribution in [2.75, 3.05) is 18.1 Å². The highest BCUT2D eigenvalue weighted by atomic mass is 16.3. The summed E-state index contributed by atoms with van der Waals surface area (Å²) in [4.78, 5) is 6.77. The van der Waals surface area contributed by atoms with Gasteiger partial charge in [0.1, 0.15) is 5.82 Å². The van der Waals surface area contributed by atoms with Crippen LogP contribution >= 0.6 is 0 Å². The summed E-state index contributed by atoms with van der Waals surface area (Å²) in [5.74, 6) is 1.00. The lowest BCUT2D eigenvalue weighted by atomic mass is 10.1. The predicted molar refractivity (Wildman–Crippen MR) is 90.6 cm³/mol. The van der Waals surface area contributed by atoms with Gasteiger partial charge in [-0.1, -0.05) is 29.8 Å². The molecule has 0 amide bonds. The summed E-state index contributed by atoms with van der Waals surface area (Å²) < 4.78 is 1.89. The highest BCUT2D eigenvalue weighted by molar-refractivity contribution is 5.78. The lowest BCUT2D eigenvalue weighted by Gasteiger charge is -2.25. The van der Waals surface area contributed by atoms with E-state index in [-0.39, 0.29) is 12.6 Å². The van der Waals surface area contributed by atoms with Crippen molar-refractivity contribution in [2.45, 2.75) is 25.8 Å². The number of aliphatic hydroxyl groups excluding tert-OH is 1. The van der Waals surface area contributed by atoms with Gasteiger partial charge in [-0.05, 0) is 31.4 Å². The molecule has 0 saturated carbocycles. The van der Waals surface area contributed by atoms with Crippen molar-refractivity contribution < 1.29 is 5.11 Å². The van der Waals surface area contributed by atoms with Crippen LogP contribution in [0.4, 0.5) is 5.82 Å². The predicted octanol–water partition coefficient (Wildman–Crippen LogP) is 2.67. The van der Waals surface area contributed by atoms with Crippen LogP contribution in [0.1, 0.15) is 18.4 Å². The molecule has 1 N–H and O–H groups in total. The van der Waals surface area contributed by atoms with E-state index in [4.69, 9.17) is 0 Å². The molecule has 0 unspecified atom stereocenters. The molecule has 5 nitrogen and oxygen atoms in total. The zero-order valence-corrected chi connectivity index (χ0v) is 13.2. The Morgan fingerprint density at radius 3 is 2.83 bits per heavy atom. The van der Waals surface area contributed by atoms with Gasteiger partial charge in [-0.15, -0.1) is 0 Å². The first kappa shape index (κ1) is 14.2. The van der Waals surface area contributed by atoms with Crippen LogP contribution in [-0.4, -0.2) is 38.9 Å². The number of aliphatic hydroxyl groups is 1. The summed E-state index contributed by atoms with van der Waals surface area (Å²) >= 11 is 0. The molecule has 0 radical (unpaired) electrons. The Balaban J connectivity index is 1.82. The number of rotatable bonds is 3. The van der Waals surface area contributed by atoms with Gasteiger partial charge in [0, 0.05) is 18.3 Å². The molecule has 118 valence electrons. The van der Waals surface area contributed by atoms with Gasteiger partial charge in [0.25, 0.3) is 0 Å². The second-order valence-corrected chi connectivity index (χ2v) is 6.13. The zero-order valence-electron chi connectivity index (χ0n) is 13.2. The number of benzene rings is 1. The van der Waals surface area contributed by atoms with E-state index in [0.29, 0.717) is 0 Å². The van der Waals surface area contributed by atoms with Gasteiger partial charge in [-0.2, -0.15) is 9.61 Å². The first-order valence-corrected chi connectivity index (χ1v) is 8.05. The van der Waals surface area contributed by atoms with Crippen LogP contribution in [0.3, 0.4) is 0 Å². The van der Waals surface area contributed by atoms with Crippen LogP contribution in [0.5, 0.6) is 0 Å². The molecule has 4 rings (SSSR count). The maximum atomic E-state index is 9.59. The van der Waals surface area contributed by atoms with Crippen LogP contribution in [0.25, 0.3) is 16.8 Å². The summed E-state index contributed by atoms with van der Waals surface area (Å²) in [7, 11) is 0. The van der Waals surface area contributed by atoms with Gasteiger partial charge in [0.2, 0.25) is 0 Å². The number of aromatic nitrogens is 3. The number of anilines is 1. The lowest BCUT2D eigenvalue weighted by Crippen LogP contribution is -2.33. The standard InChI is InChI=1S/C18H20N4O/c1-13-4-6-14(7-5-13)16-11-20-22-17(8-9-19-18(16)22)21-10-2-3-15(21)12-23/h4-9,11,15,23H,2-3,10,12H2,1H3/t15-/m0/s1. The van der Waals surface area contributed by atoms with Crippen molar-refractivity contribution in [1.82, 2.24) is 14.6 Å². The molecule has 1 aliphatic rings. The lowest BCUT2D eigenvalue weighted by molar-refractivity contribution is 0.265. The average molecular weight is 308 g/mol. The van der Waals surface area contributed by atoms with Crippen LogP contribution < -0.4 is 4.90 Å². The second kappa shape index (κ2) is 5.66. The van der Waals surface area contributed by atoms with Crippen LogP contribution in [-0.2, 0) is 0 Å². The Morgan fingerprint density at radius 2 is 2.04 bits per heavy atom. The van der Waals surface area contributed by atoms with Gasteiger partial charge >= 0.3 is 0 Å². The quantitative estimate of drug-likeness (QED) is 0.808. The Labute approximate surface area is 135 Å². The molecule has 3 aromatic rings. The first-order valence-electron chi connectivity index (χ1n) is 8.05. The minimum Gasteiger partial charge on any atom is -0.394 e. The molecule has 2 aromatic heterocycles. The van der Waals surface area contributed by atoms with Crippen molar-refractivity contribution in [3.8, 4) is 11.1 Å². The van der Waals surface area contributed by atoms with E-state index in [9.17, 15) is 5.11 Å². The van der Waals surface area contributed by atoms with Crippen LogP contribution in [0.15, 0.2) is 42.7 Å². The molecule has 3 heterocycles. The van der Waals surface area contributed by atoms with Crippen molar-refractivity contribution >= 4 is 11.5 Å². The van der Waals surface area contributed by atoms with Crippen molar-refractivity contribution in [3.05, 3.63) is 48.3 Å². The summed E-state index contributed by atoms with van der Waals surface area (Å²) in [6.07, 6.45) is 5.82. The zero-order chi connectivity index (χ0) is 15.8. The smallest absolute Gasteiger partial charge is 0.165 e. The summed E-state index contributed by atoms with van der Waals surface area (Å²) in [6, 6.07) is 10.6. The molecule has 1 saturated heterocycles. The van der Waals surface area contributed by atoms with E-state index in [2.05, 4.69) is 46.2 Å². The Kier molecular flexibility index (Phi) is 3.50. The molecule has 23 heavy (non-hydrogen) atoms. The fourth-order valence-electron chi connectivity index (χ4n) is 3.36. The number of aryl methyl sites for hydroxylation is 1. The van der Waals surface area contributed by atoms with E-state index < -0.39 is 0 Å². The maximum Gasteiger partial charge on any atom is 0.165 e. The van der Waals surface area contributed by atoms with Crippen molar-refractivity contribution in [1.29, 1.82) is 0 Å². The monoisotopic (exact) mass is 308 g/mol. The summed E-state index contributed by atoms with van der Waals surface area (Å²) in [5, 5.41) is 14.2. The molecule has 0 bridgehead atoms. The fourth-order valence-corrected chi connectivity index (χ4v) is 3.36. The molecule has 1 atom stereocenters. The molecular formula is C18H20N4O. The number of hydrogen-bond acceptors (Lipinski definition) is 4. The van der Waals surface area contributed by atoms with Gasteiger partial charge in [-0.25, -0.2) is 4.98 Å². The fraction of sp³-hybridized carbons (Fsp3) is 0.333. The van der Waals surface area contributed by atoms with Gasteiger partial charge in [0.15, 0.2) is 5.65 Å². The van der Waals surface area contributed by atoms with E-state index in [1.807, 2.05) is 23.0 Å². The largest absolute Gasteiger partial charge is 0.394 e. The third-order valence-electron chi connectivity index (χ3n) is 4.63. The van der Waals surface area contributed by atoms with E-state index >= 15 is 0 Å². The van der Waals surface area contributed by atoms with Gasteiger partial charge in [-0.3, -0.25) is 0 Å². The molecule has 1 aliphatic heterocycles. The number of hydrogen-bond donors (Lipinski definition) is 1. The Morgan fingerprint density at radius 1 is 1.22 bits per heavy atom. The van der Waals surface area contributed by atoms with E-state index in [0.717, 1.165) is 42.0 Å². The average Bonchev–Trinajstić information content (AvgIpc) is 3.22. The number of fused-ring (bicyclic) bond motifs is 1. The van der Waals surface area contributed by atoms with Crippen molar-refractivity contribution in [2.24, 2.45) is 0 Å². The SMILES string of the molecule is Cc1ccc(-c2cnn3c(N4CCC[C@H]4CO)ccnc23)cc1. The third-order valence-corrected chi connectivity index (χ3v) is 4.63. The van der Waals surface area contributed by atoms with E-state index in [1.165, 1.54) is 5.56 Å². The maximum absolute atomic E-state index is 9.59. The number of nitrogens with zero attached hydrogens (tertiary/aromatic N) is 4. The molecular weight excluding hydrogens is 288 g/mol. The minimum atomic E-state index is 0.174. The molecule has 5 heteroatoms. The summed E-state index contributed by atoms with van der Waals surface area (Å²) in [5.41, 5.74) is 4.25. The minimum absolute atomic E-state index is 0.174. The Hall–Kier alpha value is -2.40. The normalized spacial score (nSPS) is 18.0. The van der Waals surface area contributed by atoms with Crippen molar-refractivity contribution in [3.63, 3.8) is 0 Å². The second-order valence-electron chi connectivity index (χ2n) is 6.13. The Bertz CT molecular complexity index is 825.